The number of carbonyl (C=O) groups is 1. The molecule has 0 saturated carbocycles. The average Bonchev–Trinajstić information content (AvgIpc) is 2.46. The highest BCUT2D eigenvalue weighted by Crippen LogP contribution is 2.25. The summed E-state index contributed by atoms with van der Waals surface area (Å²) in [7, 11) is 0. The lowest BCUT2D eigenvalue weighted by Gasteiger charge is -2.11. The molecule has 21 heavy (non-hydrogen) atoms. The van der Waals surface area contributed by atoms with Gasteiger partial charge in [-0.05, 0) is 45.4 Å². The van der Waals surface area contributed by atoms with Gasteiger partial charge in [-0.1, -0.05) is 18.7 Å². The number of amidine groups is 1. The molecular formula is C16H24N2O2S. The summed E-state index contributed by atoms with van der Waals surface area (Å²) in [5, 5.41) is 0.569. The second-order valence-corrected chi connectivity index (χ2v) is 5.82. The Morgan fingerprint density at radius 2 is 2.14 bits per heavy atom. The second-order valence-electron chi connectivity index (χ2n) is 4.82. The van der Waals surface area contributed by atoms with Crippen LogP contribution in [0.3, 0.4) is 0 Å². The van der Waals surface area contributed by atoms with Gasteiger partial charge < -0.3 is 10.5 Å². The first-order valence-electron chi connectivity index (χ1n) is 7.20. The molecule has 4 nitrogen and oxygen atoms in total. The van der Waals surface area contributed by atoms with Gasteiger partial charge in [-0.3, -0.25) is 9.79 Å². The maximum Gasteiger partial charge on any atom is 0.159 e. The van der Waals surface area contributed by atoms with Crippen LogP contribution in [0.4, 0.5) is 0 Å². The molecule has 0 aliphatic heterocycles. The lowest BCUT2D eigenvalue weighted by Crippen LogP contribution is -2.11. The predicted octanol–water partition coefficient (Wildman–Crippen LogP) is 3.63. The molecule has 0 spiro atoms. The molecule has 2 N–H and O–H groups in total. The van der Waals surface area contributed by atoms with E-state index in [1.54, 1.807) is 13.0 Å². The van der Waals surface area contributed by atoms with E-state index in [0.717, 1.165) is 17.7 Å². The summed E-state index contributed by atoms with van der Waals surface area (Å²) < 4.78 is 5.60. The number of nitrogens with two attached hydrogens (primary N) is 1. The standard InChI is InChI=1S/C16H24N2O2S/c1-5-11(3)18-16(17)21-10-14-9-13(12(4)19)7-8-15(14)20-6-2/h7-9,11H,5-6,10H2,1-4H3,(H2,17,18)/t11-/m1/s1. The number of rotatable bonds is 7. The summed E-state index contributed by atoms with van der Waals surface area (Å²) in [6.07, 6.45) is 0.964. The van der Waals surface area contributed by atoms with Gasteiger partial charge in [0.1, 0.15) is 5.75 Å². The van der Waals surface area contributed by atoms with Crippen LogP contribution >= 0.6 is 11.8 Å². The minimum Gasteiger partial charge on any atom is -0.494 e. The van der Waals surface area contributed by atoms with Gasteiger partial charge in [-0.15, -0.1) is 0 Å². The highest BCUT2D eigenvalue weighted by Gasteiger charge is 2.09. The highest BCUT2D eigenvalue weighted by molar-refractivity contribution is 8.13. The Morgan fingerprint density at radius 1 is 1.43 bits per heavy atom. The van der Waals surface area contributed by atoms with Crippen molar-refractivity contribution in [3.05, 3.63) is 29.3 Å². The molecule has 0 amide bonds. The predicted molar refractivity (Wildman–Crippen MR) is 90.3 cm³/mol. The second kappa shape index (κ2) is 8.72. The van der Waals surface area contributed by atoms with Crippen molar-refractivity contribution in [2.24, 2.45) is 10.7 Å². The van der Waals surface area contributed by atoms with Crippen LogP contribution < -0.4 is 10.5 Å². The quantitative estimate of drug-likeness (QED) is 0.474. The third-order valence-electron chi connectivity index (χ3n) is 3.08. The normalized spacial score (nSPS) is 13.0. The van der Waals surface area contributed by atoms with Crippen LogP contribution in [0, 0.1) is 0 Å². The van der Waals surface area contributed by atoms with E-state index >= 15 is 0 Å². The van der Waals surface area contributed by atoms with Crippen molar-refractivity contribution in [1.82, 2.24) is 0 Å². The van der Waals surface area contributed by atoms with E-state index in [1.165, 1.54) is 11.8 Å². The number of ketones is 1. The summed E-state index contributed by atoms with van der Waals surface area (Å²) in [5.74, 6) is 1.49. The van der Waals surface area contributed by atoms with Crippen LogP contribution in [-0.4, -0.2) is 23.6 Å². The number of hydrogen-bond acceptors (Lipinski definition) is 4. The van der Waals surface area contributed by atoms with E-state index in [9.17, 15) is 4.79 Å². The number of aliphatic imine (C=N–C) groups is 1. The number of thioether (sulfide) groups is 1. The zero-order chi connectivity index (χ0) is 15.8. The topological polar surface area (TPSA) is 64.7 Å². The smallest absolute Gasteiger partial charge is 0.159 e. The molecule has 0 unspecified atom stereocenters. The van der Waals surface area contributed by atoms with E-state index in [4.69, 9.17) is 10.5 Å². The number of Topliss-reactive ketones (excluding diaryl/α,β-unsaturated/α-hetero) is 1. The van der Waals surface area contributed by atoms with Crippen LogP contribution in [-0.2, 0) is 5.75 Å². The van der Waals surface area contributed by atoms with E-state index in [0.29, 0.717) is 23.1 Å². The fourth-order valence-electron chi connectivity index (χ4n) is 1.71. The van der Waals surface area contributed by atoms with Crippen molar-refractivity contribution in [3.8, 4) is 5.75 Å². The number of hydrogen-bond donors (Lipinski definition) is 1. The maximum atomic E-state index is 11.5. The van der Waals surface area contributed by atoms with Gasteiger partial charge in [0.15, 0.2) is 11.0 Å². The summed E-state index contributed by atoms with van der Waals surface area (Å²) in [6, 6.07) is 5.74. The fourth-order valence-corrected chi connectivity index (χ4v) is 2.49. The minimum atomic E-state index is 0.0468. The van der Waals surface area contributed by atoms with Gasteiger partial charge in [0.2, 0.25) is 0 Å². The van der Waals surface area contributed by atoms with Gasteiger partial charge >= 0.3 is 0 Å². The van der Waals surface area contributed by atoms with Crippen LogP contribution in [0.5, 0.6) is 5.75 Å². The Labute approximate surface area is 131 Å². The molecule has 0 aliphatic carbocycles. The van der Waals surface area contributed by atoms with Crippen molar-refractivity contribution < 1.29 is 9.53 Å². The molecule has 1 aromatic carbocycles. The molecule has 1 aromatic rings. The molecular weight excluding hydrogens is 284 g/mol. The Morgan fingerprint density at radius 3 is 2.71 bits per heavy atom. The minimum absolute atomic E-state index is 0.0468. The summed E-state index contributed by atoms with van der Waals surface area (Å²) in [6.45, 7) is 8.21. The molecule has 0 aromatic heterocycles. The van der Waals surface area contributed by atoms with Gasteiger partial charge in [-0.25, -0.2) is 0 Å². The van der Waals surface area contributed by atoms with Crippen molar-refractivity contribution in [3.63, 3.8) is 0 Å². The Bertz CT molecular complexity index is 515. The molecule has 0 fully saturated rings. The molecule has 0 bridgehead atoms. The first-order chi connectivity index (χ1) is 9.97. The van der Waals surface area contributed by atoms with Gasteiger partial charge in [0.25, 0.3) is 0 Å². The number of benzene rings is 1. The number of ether oxygens (including phenoxy) is 1. The Balaban J connectivity index is 2.86. The lowest BCUT2D eigenvalue weighted by atomic mass is 10.1. The van der Waals surface area contributed by atoms with Gasteiger partial charge in [0.05, 0.1) is 6.61 Å². The van der Waals surface area contributed by atoms with Crippen molar-refractivity contribution in [1.29, 1.82) is 0 Å². The van der Waals surface area contributed by atoms with Crippen molar-refractivity contribution >= 4 is 22.7 Å². The Hall–Kier alpha value is -1.49. The first-order valence-corrected chi connectivity index (χ1v) is 8.19. The lowest BCUT2D eigenvalue weighted by molar-refractivity contribution is 0.101. The van der Waals surface area contributed by atoms with E-state index in [2.05, 4.69) is 11.9 Å². The first kappa shape index (κ1) is 17.6. The SMILES string of the molecule is CCOc1ccc(C(C)=O)cc1CSC(N)=N[C@H](C)CC. The highest BCUT2D eigenvalue weighted by atomic mass is 32.2. The van der Waals surface area contributed by atoms with Crippen molar-refractivity contribution in [2.75, 3.05) is 6.61 Å². The fraction of sp³-hybridized carbons (Fsp3) is 0.500. The van der Waals surface area contributed by atoms with Gasteiger partial charge in [-0.2, -0.15) is 0 Å². The van der Waals surface area contributed by atoms with Crippen LogP contribution in [0.25, 0.3) is 0 Å². The van der Waals surface area contributed by atoms with Crippen LogP contribution in [0.2, 0.25) is 0 Å². The molecule has 0 heterocycles. The van der Waals surface area contributed by atoms with E-state index in [-0.39, 0.29) is 11.8 Å². The zero-order valence-electron chi connectivity index (χ0n) is 13.2. The van der Waals surface area contributed by atoms with E-state index in [1.807, 2.05) is 26.0 Å². The monoisotopic (exact) mass is 308 g/mol. The molecule has 5 heteroatoms. The molecule has 116 valence electrons. The zero-order valence-corrected chi connectivity index (χ0v) is 14.0. The van der Waals surface area contributed by atoms with Crippen LogP contribution in [0.1, 0.15) is 50.0 Å². The molecule has 0 aliphatic rings. The van der Waals surface area contributed by atoms with E-state index < -0.39 is 0 Å². The van der Waals surface area contributed by atoms with Gasteiger partial charge in [0, 0.05) is 22.9 Å². The largest absolute Gasteiger partial charge is 0.494 e. The summed E-state index contributed by atoms with van der Waals surface area (Å²) in [5.41, 5.74) is 7.58. The Kier molecular flexibility index (Phi) is 7.29. The summed E-state index contributed by atoms with van der Waals surface area (Å²) in [4.78, 5) is 15.9. The maximum absolute atomic E-state index is 11.5. The third kappa shape index (κ3) is 5.79. The molecule has 0 radical (unpaired) electrons. The third-order valence-corrected chi connectivity index (χ3v) is 3.94. The van der Waals surface area contributed by atoms with Crippen molar-refractivity contribution in [2.45, 2.75) is 45.9 Å². The summed E-state index contributed by atoms with van der Waals surface area (Å²) >= 11 is 1.47. The molecule has 0 saturated heterocycles. The average molecular weight is 308 g/mol. The number of carbonyl (C=O) groups excluding carboxylic acids is 1. The number of nitrogens with zero attached hydrogens (tertiary/aromatic N) is 1. The molecule has 1 atom stereocenters. The van der Waals surface area contributed by atoms with Crippen LogP contribution in [0.15, 0.2) is 23.2 Å². The molecule has 1 rings (SSSR count).